The lowest BCUT2D eigenvalue weighted by Gasteiger charge is -2.16. The summed E-state index contributed by atoms with van der Waals surface area (Å²) < 4.78 is 19.0. The molecule has 0 spiro atoms. The molecular formula is C13H19FN2OS. The molecule has 0 aliphatic carbocycles. The molecule has 0 aromatic heterocycles. The Morgan fingerprint density at radius 3 is 3.06 bits per heavy atom. The van der Waals surface area contributed by atoms with Gasteiger partial charge in [-0.3, -0.25) is 0 Å². The smallest absolute Gasteiger partial charge is 0.167 e. The molecule has 0 amide bonds. The zero-order chi connectivity index (χ0) is 13.0. The van der Waals surface area contributed by atoms with E-state index in [-0.39, 0.29) is 5.75 Å². The third-order valence-corrected chi connectivity index (χ3v) is 4.02. The van der Waals surface area contributed by atoms with Crippen LogP contribution in [0.5, 0.6) is 5.75 Å². The molecule has 0 bridgehead atoms. The fourth-order valence-corrected chi connectivity index (χ4v) is 3.04. The van der Waals surface area contributed by atoms with Crippen LogP contribution in [0.4, 0.5) is 15.8 Å². The average molecular weight is 270 g/mol. The van der Waals surface area contributed by atoms with Crippen LogP contribution in [0.2, 0.25) is 0 Å². The quantitative estimate of drug-likeness (QED) is 0.807. The van der Waals surface area contributed by atoms with E-state index in [9.17, 15) is 4.39 Å². The highest BCUT2D eigenvalue weighted by Crippen LogP contribution is 2.30. The second kappa shape index (κ2) is 6.18. The first-order chi connectivity index (χ1) is 8.70. The molecule has 3 nitrogen and oxygen atoms in total. The molecule has 1 aromatic rings. The van der Waals surface area contributed by atoms with Crippen LogP contribution in [0, 0.1) is 5.82 Å². The number of benzene rings is 1. The molecule has 1 aromatic carbocycles. The van der Waals surface area contributed by atoms with E-state index in [4.69, 9.17) is 10.5 Å². The van der Waals surface area contributed by atoms with Gasteiger partial charge in [-0.1, -0.05) is 6.92 Å². The highest BCUT2D eigenvalue weighted by Gasteiger charge is 2.17. The molecule has 1 fully saturated rings. The van der Waals surface area contributed by atoms with E-state index in [1.807, 2.05) is 18.7 Å². The number of anilines is 2. The molecule has 5 heteroatoms. The molecule has 1 unspecified atom stereocenters. The van der Waals surface area contributed by atoms with Crippen molar-refractivity contribution in [1.82, 2.24) is 0 Å². The second-order valence-corrected chi connectivity index (χ2v) is 5.57. The lowest BCUT2D eigenvalue weighted by Crippen LogP contribution is -2.19. The molecule has 0 saturated carbocycles. The number of ether oxygens (including phenoxy) is 1. The Hall–Kier alpha value is -1.10. The number of rotatable bonds is 5. The molecule has 1 atom stereocenters. The van der Waals surface area contributed by atoms with Crippen LogP contribution in [0.25, 0.3) is 0 Å². The third-order valence-electron chi connectivity index (χ3n) is 2.86. The van der Waals surface area contributed by atoms with Gasteiger partial charge in [0.1, 0.15) is 0 Å². The first-order valence-electron chi connectivity index (χ1n) is 6.26. The lowest BCUT2D eigenvalue weighted by molar-refractivity contribution is 0.301. The number of halogens is 1. The number of nitrogens with one attached hydrogen (secondary N) is 1. The second-order valence-electron chi connectivity index (χ2n) is 4.42. The van der Waals surface area contributed by atoms with Gasteiger partial charge in [-0.05, 0) is 18.6 Å². The molecule has 18 heavy (non-hydrogen) atoms. The van der Waals surface area contributed by atoms with E-state index in [0.29, 0.717) is 18.3 Å². The molecule has 1 aliphatic heterocycles. The summed E-state index contributed by atoms with van der Waals surface area (Å²) in [6.45, 7) is 2.50. The lowest BCUT2D eigenvalue weighted by atomic mass is 10.2. The van der Waals surface area contributed by atoms with E-state index >= 15 is 0 Å². The average Bonchev–Trinajstić information content (AvgIpc) is 2.84. The summed E-state index contributed by atoms with van der Waals surface area (Å²) in [5.74, 6) is 2.12. The standard InChI is InChI=1S/C13H19FN2OS/c1-2-4-17-13-7-12(11(15)6-10(13)14)16-9-3-5-18-8-9/h6-7,9,16H,2-5,8,15H2,1H3. The van der Waals surface area contributed by atoms with Gasteiger partial charge in [0.2, 0.25) is 0 Å². The first kappa shape index (κ1) is 13.3. The molecule has 2 rings (SSSR count). The van der Waals surface area contributed by atoms with Crippen molar-refractivity contribution in [2.75, 3.05) is 29.2 Å². The van der Waals surface area contributed by atoms with Crippen molar-refractivity contribution in [3.8, 4) is 5.75 Å². The summed E-state index contributed by atoms with van der Waals surface area (Å²) >= 11 is 1.92. The van der Waals surface area contributed by atoms with Gasteiger partial charge in [-0.15, -0.1) is 0 Å². The molecule has 100 valence electrons. The highest BCUT2D eigenvalue weighted by molar-refractivity contribution is 7.99. The van der Waals surface area contributed by atoms with Crippen molar-refractivity contribution in [3.63, 3.8) is 0 Å². The van der Waals surface area contributed by atoms with Crippen molar-refractivity contribution in [2.24, 2.45) is 0 Å². The van der Waals surface area contributed by atoms with Gasteiger partial charge in [0.15, 0.2) is 11.6 Å². The minimum atomic E-state index is -0.396. The van der Waals surface area contributed by atoms with E-state index in [2.05, 4.69) is 5.32 Å². The van der Waals surface area contributed by atoms with E-state index in [1.54, 1.807) is 6.07 Å². The summed E-state index contributed by atoms with van der Waals surface area (Å²) in [4.78, 5) is 0. The molecule has 3 N–H and O–H groups in total. The molecule has 1 heterocycles. The summed E-state index contributed by atoms with van der Waals surface area (Å²) in [6.07, 6.45) is 1.97. The minimum Gasteiger partial charge on any atom is -0.490 e. The SMILES string of the molecule is CCCOc1cc(NC2CCSC2)c(N)cc1F. The third kappa shape index (κ3) is 3.22. The van der Waals surface area contributed by atoms with Crippen LogP contribution in [0.3, 0.4) is 0 Å². The van der Waals surface area contributed by atoms with Crippen molar-refractivity contribution in [2.45, 2.75) is 25.8 Å². The van der Waals surface area contributed by atoms with Gasteiger partial charge in [0, 0.05) is 23.9 Å². The highest BCUT2D eigenvalue weighted by atomic mass is 32.2. The summed E-state index contributed by atoms with van der Waals surface area (Å²) in [5.41, 5.74) is 7.04. The van der Waals surface area contributed by atoms with Crippen LogP contribution in [-0.4, -0.2) is 24.2 Å². The zero-order valence-corrected chi connectivity index (χ0v) is 11.4. The minimum absolute atomic E-state index is 0.277. The van der Waals surface area contributed by atoms with Gasteiger partial charge < -0.3 is 15.8 Å². The van der Waals surface area contributed by atoms with Crippen molar-refractivity contribution in [3.05, 3.63) is 17.9 Å². The topological polar surface area (TPSA) is 47.3 Å². The predicted molar refractivity (Wildman–Crippen MR) is 76.0 cm³/mol. The van der Waals surface area contributed by atoms with E-state index in [0.717, 1.165) is 30.0 Å². The molecule has 1 saturated heterocycles. The number of hydrogen-bond acceptors (Lipinski definition) is 4. The van der Waals surface area contributed by atoms with Crippen LogP contribution in [0.15, 0.2) is 12.1 Å². The maximum atomic E-state index is 13.6. The van der Waals surface area contributed by atoms with Gasteiger partial charge in [0.25, 0.3) is 0 Å². The Bertz CT molecular complexity index is 408. The number of nitrogen functional groups attached to an aromatic ring is 1. The Morgan fingerprint density at radius 2 is 2.39 bits per heavy atom. The number of hydrogen-bond donors (Lipinski definition) is 2. The molecule has 1 aliphatic rings. The van der Waals surface area contributed by atoms with Crippen LogP contribution in [-0.2, 0) is 0 Å². The van der Waals surface area contributed by atoms with Crippen LogP contribution >= 0.6 is 11.8 Å². The van der Waals surface area contributed by atoms with E-state index < -0.39 is 5.82 Å². The van der Waals surface area contributed by atoms with Gasteiger partial charge in [-0.2, -0.15) is 11.8 Å². The Labute approximate surface area is 111 Å². The fourth-order valence-electron chi connectivity index (χ4n) is 1.88. The largest absolute Gasteiger partial charge is 0.490 e. The normalized spacial score (nSPS) is 18.9. The monoisotopic (exact) mass is 270 g/mol. The van der Waals surface area contributed by atoms with Gasteiger partial charge in [0.05, 0.1) is 18.0 Å². The Morgan fingerprint density at radius 1 is 1.56 bits per heavy atom. The van der Waals surface area contributed by atoms with Crippen LogP contribution in [0.1, 0.15) is 19.8 Å². The van der Waals surface area contributed by atoms with Crippen molar-refractivity contribution >= 4 is 23.1 Å². The molecular weight excluding hydrogens is 251 g/mol. The zero-order valence-electron chi connectivity index (χ0n) is 10.5. The van der Waals surface area contributed by atoms with Crippen molar-refractivity contribution in [1.29, 1.82) is 0 Å². The van der Waals surface area contributed by atoms with E-state index in [1.165, 1.54) is 6.07 Å². The Balaban J connectivity index is 2.12. The van der Waals surface area contributed by atoms with Crippen molar-refractivity contribution < 1.29 is 9.13 Å². The Kier molecular flexibility index (Phi) is 4.58. The number of thioether (sulfide) groups is 1. The molecule has 0 radical (unpaired) electrons. The van der Waals surface area contributed by atoms with Gasteiger partial charge in [-0.25, -0.2) is 4.39 Å². The summed E-state index contributed by atoms with van der Waals surface area (Å²) in [6, 6.07) is 3.42. The summed E-state index contributed by atoms with van der Waals surface area (Å²) in [5, 5.41) is 3.36. The maximum Gasteiger partial charge on any atom is 0.167 e. The maximum absolute atomic E-state index is 13.6. The van der Waals surface area contributed by atoms with Crippen LogP contribution < -0.4 is 15.8 Å². The predicted octanol–water partition coefficient (Wildman–Crippen LogP) is 3.11. The summed E-state index contributed by atoms with van der Waals surface area (Å²) in [7, 11) is 0. The van der Waals surface area contributed by atoms with Gasteiger partial charge >= 0.3 is 0 Å². The number of nitrogens with two attached hydrogens (primary N) is 1. The first-order valence-corrected chi connectivity index (χ1v) is 7.42. The fraction of sp³-hybridized carbons (Fsp3) is 0.538.